The first-order valence-corrected chi connectivity index (χ1v) is 14.6. The second-order valence-electron chi connectivity index (χ2n) is 12.3. The maximum Gasteiger partial charge on any atom is 0.192 e. The predicted octanol–water partition coefficient (Wildman–Crippen LogP) is 6.14. The van der Waals surface area contributed by atoms with Gasteiger partial charge in [0, 0.05) is 12.7 Å². The SMILES string of the molecule is CC(C)(O)CCC[C@@H](CO)C1CCC2[C@@H](O[Si](C)(C)C(C)(C)C)CCC[C@]12C. The van der Waals surface area contributed by atoms with E-state index in [1.807, 2.05) is 13.8 Å². The van der Waals surface area contributed by atoms with Gasteiger partial charge in [0.2, 0.25) is 0 Å². The number of aliphatic hydroxyl groups is 2. The van der Waals surface area contributed by atoms with Crippen LogP contribution < -0.4 is 0 Å². The fourth-order valence-electron chi connectivity index (χ4n) is 5.85. The summed E-state index contributed by atoms with van der Waals surface area (Å²) in [4.78, 5) is 0. The highest BCUT2D eigenvalue weighted by Crippen LogP contribution is 2.59. The molecule has 0 aliphatic heterocycles. The van der Waals surface area contributed by atoms with E-state index in [0.717, 1.165) is 19.3 Å². The monoisotopic (exact) mass is 412 g/mol. The van der Waals surface area contributed by atoms with Crippen LogP contribution in [0.4, 0.5) is 0 Å². The smallest absolute Gasteiger partial charge is 0.192 e. The largest absolute Gasteiger partial charge is 0.414 e. The van der Waals surface area contributed by atoms with Crippen molar-refractivity contribution in [1.82, 2.24) is 0 Å². The first kappa shape index (κ1) is 24.4. The fourth-order valence-corrected chi connectivity index (χ4v) is 7.24. The van der Waals surface area contributed by atoms with Gasteiger partial charge in [0.25, 0.3) is 0 Å². The Morgan fingerprint density at radius 2 is 1.75 bits per heavy atom. The minimum absolute atomic E-state index is 0.254. The summed E-state index contributed by atoms with van der Waals surface area (Å²) in [6.07, 6.45) is 9.47. The summed E-state index contributed by atoms with van der Waals surface area (Å²) in [7, 11) is -1.76. The predicted molar refractivity (Wildman–Crippen MR) is 121 cm³/mol. The minimum Gasteiger partial charge on any atom is -0.414 e. The average Bonchev–Trinajstić information content (AvgIpc) is 2.87. The molecule has 2 aliphatic carbocycles. The molecular formula is C24H48O3Si. The van der Waals surface area contributed by atoms with Gasteiger partial charge in [0.05, 0.1) is 5.60 Å². The van der Waals surface area contributed by atoms with Crippen molar-refractivity contribution in [3.63, 3.8) is 0 Å². The molecule has 0 heterocycles. The molecule has 3 nitrogen and oxygen atoms in total. The van der Waals surface area contributed by atoms with Crippen LogP contribution in [0.5, 0.6) is 0 Å². The van der Waals surface area contributed by atoms with E-state index in [1.54, 1.807) is 0 Å². The summed E-state index contributed by atoms with van der Waals surface area (Å²) in [5.41, 5.74) is -0.303. The molecule has 28 heavy (non-hydrogen) atoms. The van der Waals surface area contributed by atoms with Gasteiger partial charge in [0.1, 0.15) is 0 Å². The molecule has 4 heteroatoms. The molecule has 0 aromatic heterocycles. The van der Waals surface area contributed by atoms with Gasteiger partial charge in [0.15, 0.2) is 8.32 Å². The third-order valence-electron chi connectivity index (χ3n) is 8.55. The van der Waals surface area contributed by atoms with Crippen molar-refractivity contribution in [1.29, 1.82) is 0 Å². The van der Waals surface area contributed by atoms with E-state index in [9.17, 15) is 10.2 Å². The van der Waals surface area contributed by atoms with Crippen LogP contribution in [-0.2, 0) is 4.43 Å². The Balaban J connectivity index is 2.09. The van der Waals surface area contributed by atoms with E-state index >= 15 is 0 Å². The maximum absolute atomic E-state index is 10.2. The fraction of sp³-hybridized carbons (Fsp3) is 1.00. The first-order chi connectivity index (χ1) is 12.7. The molecule has 0 aromatic carbocycles. The molecule has 0 bridgehead atoms. The van der Waals surface area contributed by atoms with Crippen LogP contribution in [-0.4, -0.2) is 36.8 Å². The van der Waals surface area contributed by atoms with Crippen LogP contribution in [0.1, 0.15) is 92.9 Å². The Kier molecular flexibility index (Phi) is 7.56. The van der Waals surface area contributed by atoms with Crippen molar-refractivity contribution in [3.8, 4) is 0 Å². The van der Waals surface area contributed by atoms with Crippen molar-refractivity contribution in [3.05, 3.63) is 0 Å². The van der Waals surface area contributed by atoms with Gasteiger partial charge >= 0.3 is 0 Å². The Labute approximate surface area is 175 Å². The molecule has 0 amide bonds. The zero-order valence-corrected chi connectivity index (χ0v) is 21.0. The van der Waals surface area contributed by atoms with Crippen molar-refractivity contribution in [2.45, 2.75) is 123 Å². The van der Waals surface area contributed by atoms with E-state index in [0.29, 0.717) is 29.3 Å². The van der Waals surface area contributed by atoms with E-state index < -0.39 is 13.9 Å². The summed E-state index contributed by atoms with van der Waals surface area (Å²) in [6.45, 7) is 18.3. The lowest BCUT2D eigenvalue weighted by molar-refractivity contribution is -0.0309. The number of rotatable bonds is 8. The normalized spacial score (nSPS) is 33.0. The van der Waals surface area contributed by atoms with Crippen molar-refractivity contribution in [2.24, 2.45) is 23.2 Å². The molecule has 0 radical (unpaired) electrons. The topological polar surface area (TPSA) is 49.7 Å². The van der Waals surface area contributed by atoms with Crippen LogP contribution in [0.3, 0.4) is 0 Å². The molecule has 2 fully saturated rings. The van der Waals surface area contributed by atoms with Crippen LogP contribution >= 0.6 is 0 Å². The Morgan fingerprint density at radius 3 is 2.29 bits per heavy atom. The van der Waals surface area contributed by atoms with Gasteiger partial charge in [-0.25, -0.2) is 0 Å². The zero-order chi connectivity index (χ0) is 21.4. The highest BCUT2D eigenvalue weighted by Gasteiger charge is 2.54. The summed E-state index contributed by atoms with van der Waals surface area (Å²) in [5.74, 6) is 1.60. The van der Waals surface area contributed by atoms with Crippen molar-refractivity contribution < 1.29 is 14.6 Å². The molecule has 0 aromatic rings. The number of hydrogen-bond acceptors (Lipinski definition) is 3. The van der Waals surface area contributed by atoms with E-state index in [4.69, 9.17) is 4.43 Å². The van der Waals surface area contributed by atoms with Gasteiger partial charge in [-0.15, -0.1) is 0 Å². The maximum atomic E-state index is 10.2. The zero-order valence-electron chi connectivity index (χ0n) is 20.0. The van der Waals surface area contributed by atoms with E-state index in [1.165, 1.54) is 32.1 Å². The van der Waals surface area contributed by atoms with Crippen molar-refractivity contribution in [2.75, 3.05) is 6.61 Å². The molecule has 2 N–H and O–H groups in total. The molecule has 0 spiro atoms. The molecule has 5 atom stereocenters. The van der Waals surface area contributed by atoms with Gasteiger partial charge in [-0.1, -0.05) is 40.5 Å². The second kappa shape index (κ2) is 8.68. The number of aliphatic hydroxyl groups excluding tert-OH is 1. The minimum atomic E-state index is -1.76. The standard InChI is InChI=1S/C24H48O3Si/c1-22(2,3)28(7,8)27-21-12-10-16-24(6)19(13-14-20(21)24)18(17-25)11-9-15-23(4,5)26/h18-21,25-26H,9-17H2,1-8H3/t18-,19?,20?,21-,24+/m0/s1. The highest BCUT2D eigenvalue weighted by atomic mass is 28.4. The first-order valence-electron chi connectivity index (χ1n) is 11.7. The second-order valence-corrected chi connectivity index (χ2v) is 17.0. The third kappa shape index (κ3) is 5.41. The molecular weight excluding hydrogens is 364 g/mol. The number of fused-ring (bicyclic) bond motifs is 1. The lowest BCUT2D eigenvalue weighted by Gasteiger charge is -2.50. The van der Waals surface area contributed by atoms with Crippen LogP contribution in [0.25, 0.3) is 0 Å². The number of hydrogen-bond donors (Lipinski definition) is 2. The molecule has 0 saturated heterocycles. The van der Waals surface area contributed by atoms with Gasteiger partial charge < -0.3 is 14.6 Å². The summed E-state index contributed by atoms with van der Waals surface area (Å²) in [5, 5.41) is 20.5. The average molecular weight is 413 g/mol. The lowest BCUT2D eigenvalue weighted by atomic mass is 9.61. The Bertz CT molecular complexity index is 505. The molecule has 2 saturated carbocycles. The van der Waals surface area contributed by atoms with Crippen LogP contribution in [0, 0.1) is 23.2 Å². The van der Waals surface area contributed by atoms with Gasteiger partial charge in [-0.3, -0.25) is 0 Å². The molecule has 166 valence electrons. The van der Waals surface area contributed by atoms with E-state index in [2.05, 4.69) is 40.8 Å². The molecule has 2 unspecified atom stereocenters. The third-order valence-corrected chi connectivity index (χ3v) is 13.1. The Morgan fingerprint density at radius 1 is 1.11 bits per heavy atom. The summed E-state index contributed by atoms with van der Waals surface area (Å²) in [6, 6.07) is 0. The summed E-state index contributed by atoms with van der Waals surface area (Å²) < 4.78 is 6.95. The Hall–Kier alpha value is 0.0969. The van der Waals surface area contributed by atoms with Gasteiger partial charge in [-0.2, -0.15) is 0 Å². The highest BCUT2D eigenvalue weighted by molar-refractivity contribution is 6.74. The quantitative estimate of drug-likeness (QED) is 0.471. The molecule has 2 aliphatic rings. The van der Waals surface area contributed by atoms with E-state index in [-0.39, 0.29) is 11.6 Å². The van der Waals surface area contributed by atoms with Gasteiger partial charge in [-0.05, 0) is 93.7 Å². The van der Waals surface area contributed by atoms with Crippen LogP contribution in [0.15, 0.2) is 0 Å². The lowest BCUT2D eigenvalue weighted by Crippen LogP contribution is -2.50. The summed E-state index contributed by atoms with van der Waals surface area (Å²) >= 11 is 0. The van der Waals surface area contributed by atoms with Crippen LogP contribution in [0.2, 0.25) is 18.1 Å². The van der Waals surface area contributed by atoms with Crippen molar-refractivity contribution >= 4 is 8.32 Å². The molecule has 2 rings (SSSR count).